The number of benzene rings is 1. The molecule has 2 N–H and O–H groups in total. The summed E-state index contributed by atoms with van der Waals surface area (Å²) in [6.45, 7) is 6.38. The zero-order valence-electron chi connectivity index (χ0n) is 17.3. The molecule has 0 radical (unpaired) electrons. The van der Waals surface area contributed by atoms with E-state index in [1.807, 2.05) is 0 Å². The van der Waals surface area contributed by atoms with E-state index in [4.69, 9.17) is 10.2 Å². The van der Waals surface area contributed by atoms with Crippen LogP contribution in [0.2, 0.25) is 0 Å². The fourth-order valence-electron chi connectivity index (χ4n) is 3.00. The van der Waals surface area contributed by atoms with Crippen molar-refractivity contribution in [2.75, 3.05) is 0 Å². The maximum absolute atomic E-state index is 10.2. The van der Waals surface area contributed by atoms with Gasteiger partial charge in [-0.25, -0.2) is 0 Å². The summed E-state index contributed by atoms with van der Waals surface area (Å²) in [6, 6.07) is 10.9. The van der Waals surface area contributed by atoms with Crippen LogP contribution in [-0.2, 0) is 9.59 Å². The maximum atomic E-state index is 10.2. The molecular weight excluding hydrogens is 347 g/mol. The molecule has 0 spiro atoms. The third-order valence-electron chi connectivity index (χ3n) is 4.78. The van der Waals surface area contributed by atoms with Gasteiger partial charge in [-0.2, -0.15) is 0 Å². The Kier molecular flexibility index (Phi) is 19.7. The predicted octanol–water partition coefficient (Wildman–Crippen LogP) is 5.85. The average molecular weight is 387 g/mol. The number of carboxylic acid groups (broad SMARTS) is 2. The van der Waals surface area contributed by atoms with Gasteiger partial charge in [0.2, 0.25) is 0 Å². The Hall–Kier alpha value is -1.24. The van der Waals surface area contributed by atoms with E-state index in [1.54, 1.807) is 6.92 Å². The third-order valence-corrected chi connectivity index (χ3v) is 4.78. The summed E-state index contributed by atoms with van der Waals surface area (Å²) in [5.74, 6) is -3.01. The molecule has 0 heterocycles. The summed E-state index contributed by atoms with van der Waals surface area (Å²) < 4.78 is 0. The van der Waals surface area contributed by atoms with Gasteiger partial charge >= 0.3 is 30.8 Å². The third kappa shape index (κ3) is 14.8. The number of unbranched alkanes of at least 4 members (excludes halogenated alkanes) is 6. The molecule has 0 aliphatic rings. The number of hydrogen-bond donors (Lipinski definition) is 2. The SMILES string of the molecule is CCCC(C(=O)O)C(=O)O.CCCCCCCCCC(C)c1ccccc1.[LiH]. The van der Waals surface area contributed by atoms with Gasteiger partial charge in [-0.3, -0.25) is 9.59 Å². The molecule has 0 amide bonds. The van der Waals surface area contributed by atoms with Gasteiger partial charge in [0.15, 0.2) is 5.92 Å². The normalized spacial score (nSPS) is 11.1. The molecule has 0 bridgehead atoms. The van der Waals surface area contributed by atoms with E-state index >= 15 is 0 Å². The van der Waals surface area contributed by atoms with Crippen LogP contribution in [0.15, 0.2) is 30.3 Å². The Morgan fingerprint density at radius 1 is 0.786 bits per heavy atom. The van der Waals surface area contributed by atoms with Gasteiger partial charge in [-0.1, -0.05) is 102 Å². The summed E-state index contributed by atoms with van der Waals surface area (Å²) in [6.07, 6.45) is 12.0. The van der Waals surface area contributed by atoms with Crippen molar-refractivity contribution in [3.63, 3.8) is 0 Å². The topological polar surface area (TPSA) is 74.6 Å². The standard InChI is InChI=1S/C17H28.C6H10O4.Li.H/c1-3-4-5-6-7-8-10-13-16(2)17-14-11-9-12-15-17;1-2-3-4(5(7)8)6(9)10;;/h9,11-12,14-16H,3-8,10,13H2,1-2H3;4H,2-3H2,1H3,(H,7,8)(H,9,10);;. The summed E-state index contributed by atoms with van der Waals surface area (Å²) in [5, 5.41) is 16.6. The molecular formula is C23H39LiO4. The Morgan fingerprint density at radius 2 is 1.29 bits per heavy atom. The minimum absolute atomic E-state index is 0. The number of aliphatic carboxylic acids is 2. The molecule has 0 fully saturated rings. The van der Waals surface area contributed by atoms with E-state index in [1.165, 1.54) is 56.9 Å². The van der Waals surface area contributed by atoms with Gasteiger partial charge in [0.25, 0.3) is 0 Å². The first-order valence-electron chi connectivity index (χ1n) is 10.4. The second kappa shape index (κ2) is 19.1. The Bertz CT molecular complexity index is 491. The fourth-order valence-corrected chi connectivity index (χ4v) is 3.00. The van der Waals surface area contributed by atoms with Crippen molar-refractivity contribution in [1.82, 2.24) is 0 Å². The Labute approximate surface area is 183 Å². The molecule has 5 heteroatoms. The summed E-state index contributed by atoms with van der Waals surface area (Å²) in [4.78, 5) is 20.3. The van der Waals surface area contributed by atoms with Gasteiger partial charge in [0.05, 0.1) is 0 Å². The second-order valence-electron chi connectivity index (χ2n) is 7.24. The summed E-state index contributed by atoms with van der Waals surface area (Å²) >= 11 is 0. The van der Waals surface area contributed by atoms with E-state index in [-0.39, 0.29) is 25.3 Å². The molecule has 1 rings (SSSR count). The van der Waals surface area contributed by atoms with Crippen LogP contribution >= 0.6 is 0 Å². The number of carboxylic acids is 2. The minimum atomic E-state index is -1.26. The molecule has 1 unspecified atom stereocenters. The molecule has 0 saturated heterocycles. The number of rotatable bonds is 13. The van der Waals surface area contributed by atoms with E-state index in [2.05, 4.69) is 44.2 Å². The first kappa shape index (κ1) is 29.0. The molecule has 1 atom stereocenters. The zero-order chi connectivity index (χ0) is 20.5. The van der Waals surface area contributed by atoms with Gasteiger partial charge in [0, 0.05) is 0 Å². The fraction of sp³-hybridized carbons (Fsp3) is 0.652. The molecule has 4 nitrogen and oxygen atoms in total. The van der Waals surface area contributed by atoms with Gasteiger partial charge in [0.1, 0.15) is 0 Å². The molecule has 28 heavy (non-hydrogen) atoms. The van der Waals surface area contributed by atoms with Crippen LogP contribution in [0.25, 0.3) is 0 Å². The monoisotopic (exact) mass is 386 g/mol. The molecule has 156 valence electrons. The van der Waals surface area contributed by atoms with Crippen molar-refractivity contribution in [3.05, 3.63) is 35.9 Å². The van der Waals surface area contributed by atoms with E-state index in [0.29, 0.717) is 6.42 Å². The quantitative estimate of drug-likeness (QED) is 0.253. The Balaban J connectivity index is 0. The van der Waals surface area contributed by atoms with E-state index in [9.17, 15) is 9.59 Å². The predicted molar refractivity (Wildman–Crippen MR) is 118 cm³/mol. The van der Waals surface area contributed by atoms with Crippen LogP contribution in [-0.4, -0.2) is 41.0 Å². The summed E-state index contributed by atoms with van der Waals surface area (Å²) in [7, 11) is 0. The first-order valence-corrected chi connectivity index (χ1v) is 10.4. The van der Waals surface area contributed by atoms with Crippen molar-refractivity contribution in [2.24, 2.45) is 5.92 Å². The molecule has 1 aromatic carbocycles. The molecule has 0 saturated carbocycles. The van der Waals surface area contributed by atoms with Crippen LogP contribution < -0.4 is 0 Å². The van der Waals surface area contributed by atoms with Crippen molar-refractivity contribution in [3.8, 4) is 0 Å². The van der Waals surface area contributed by atoms with Crippen LogP contribution in [0.1, 0.15) is 96.5 Å². The van der Waals surface area contributed by atoms with Gasteiger partial charge < -0.3 is 10.2 Å². The van der Waals surface area contributed by atoms with Gasteiger partial charge in [-0.15, -0.1) is 0 Å². The number of carbonyl (C=O) groups is 2. The van der Waals surface area contributed by atoms with Crippen molar-refractivity contribution >= 4 is 30.8 Å². The molecule has 0 aliphatic carbocycles. The zero-order valence-corrected chi connectivity index (χ0v) is 17.3. The first-order chi connectivity index (χ1) is 12.9. The molecule has 0 aromatic heterocycles. The van der Waals surface area contributed by atoms with Crippen LogP contribution in [0, 0.1) is 5.92 Å². The summed E-state index contributed by atoms with van der Waals surface area (Å²) in [5.41, 5.74) is 1.50. The van der Waals surface area contributed by atoms with Crippen LogP contribution in [0.3, 0.4) is 0 Å². The molecule has 0 aliphatic heterocycles. The van der Waals surface area contributed by atoms with Crippen LogP contribution in [0.5, 0.6) is 0 Å². The van der Waals surface area contributed by atoms with Crippen molar-refractivity contribution < 1.29 is 19.8 Å². The van der Waals surface area contributed by atoms with Crippen molar-refractivity contribution in [2.45, 2.75) is 90.9 Å². The number of hydrogen-bond acceptors (Lipinski definition) is 2. The van der Waals surface area contributed by atoms with E-state index in [0.717, 1.165) is 5.92 Å². The Morgan fingerprint density at radius 3 is 1.71 bits per heavy atom. The van der Waals surface area contributed by atoms with Crippen LogP contribution in [0.4, 0.5) is 0 Å². The second-order valence-corrected chi connectivity index (χ2v) is 7.24. The van der Waals surface area contributed by atoms with Gasteiger partial charge in [-0.05, 0) is 24.3 Å². The average Bonchev–Trinajstić information content (AvgIpc) is 2.66. The van der Waals surface area contributed by atoms with Crippen molar-refractivity contribution in [1.29, 1.82) is 0 Å². The van der Waals surface area contributed by atoms with E-state index < -0.39 is 17.9 Å². The molecule has 1 aromatic rings.